The molecule has 0 saturated heterocycles. The monoisotopic (exact) mass is 414 g/mol. The molecule has 0 aliphatic heterocycles. The van der Waals surface area contributed by atoms with Crippen LogP contribution in [0.2, 0.25) is 10.0 Å². The average Bonchev–Trinajstić information content (AvgIpc) is 3.10. The molecule has 2 aromatic carbocycles. The summed E-state index contributed by atoms with van der Waals surface area (Å²) in [6.07, 6.45) is 1.48. The summed E-state index contributed by atoms with van der Waals surface area (Å²) >= 11 is 12.0. The molecule has 1 aromatic heterocycles. The van der Waals surface area contributed by atoms with Gasteiger partial charge in [0, 0.05) is 16.0 Å². The van der Waals surface area contributed by atoms with E-state index in [0.717, 1.165) is 11.4 Å². The quantitative estimate of drug-likeness (QED) is 0.468. The summed E-state index contributed by atoms with van der Waals surface area (Å²) in [6.45, 7) is 6.15. The predicted octanol–water partition coefficient (Wildman–Crippen LogP) is 5.24. The fraction of sp³-hybridized carbons (Fsp3) is 0.190. The zero-order chi connectivity index (χ0) is 20.3. The molecule has 0 fully saturated rings. The standard InChI is InChI=1S/C21H20Cl2N4O/c1-21(2,3)19-12-18(27(26-19)16-7-5-4-6-8-16)20(28)25-24-13-14-9-10-15(22)11-17(14)23/h4-13H,1-3H3,(H,25,28)/b24-13+. The maximum Gasteiger partial charge on any atom is 0.290 e. The molecule has 28 heavy (non-hydrogen) atoms. The van der Waals surface area contributed by atoms with Gasteiger partial charge < -0.3 is 0 Å². The fourth-order valence-electron chi connectivity index (χ4n) is 2.50. The number of carbonyl (C=O) groups is 1. The summed E-state index contributed by atoms with van der Waals surface area (Å²) in [4.78, 5) is 12.8. The van der Waals surface area contributed by atoms with Crippen LogP contribution in [0, 0.1) is 0 Å². The first-order valence-electron chi connectivity index (χ1n) is 8.70. The Morgan fingerprint density at radius 3 is 2.46 bits per heavy atom. The lowest BCUT2D eigenvalue weighted by Gasteiger charge is -2.14. The lowest BCUT2D eigenvalue weighted by atomic mass is 9.92. The van der Waals surface area contributed by atoms with Gasteiger partial charge in [0.25, 0.3) is 5.91 Å². The first-order valence-corrected chi connectivity index (χ1v) is 9.46. The van der Waals surface area contributed by atoms with Crippen LogP contribution in [0.15, 0.2) is 59.7 Å². The van der Waals surface area contributed by atoms with Crippen molar-refractivity contribution in [1.82, 2.24) is 15.2 Å². The number of hydrogen-bond donors (Lipinski definition) is 1. The van der Waals surface area contributed by atoms with E-state index in [1.807, 2.05) is 51.1 Å². The molecule has 144 valence electrons. The molecule has 1 heterocycles. The highest BCUT2D eigenvalue weighted by atomic mass is 35.5. The van der Waals surface area contributed by atoms with Crippen molar-refractivity contribution in [2.24, 2.45) is 5.10 Å². The number of para-hydroxylation sites is 1. The molecule has 0 aliphatic rings. The van der Waals surface area contributed by atoms with Crippen LogP contribution in [0.5, 0.6) is 0 Å². The van der Waals surface area contributed by atoms with Crippen LogP contribution < -0.4 is 5.43 Å². The minimum Gasteiger partial charge on any atom is -0.266 e. The van der Waals surface area contributed by atoms with Crippen molar-refractivity contribution in [3.05, 3.63) is 81.6 Å². The van der Waals surface area contributed by atoms with Crippen LogP contribution in [0.3, 0.4) is 0 Å². The zero-order valence-corrected chi connectivity index (χ0v) is 17.3. The van der Waals surface area contributed by atoms with Crippen LogP contribution >= 0.6 is 23.2 Å². The molecule has 1 amide bonds. The van der Waals surface area contributed by atoms with Gasteiger partial charge in [-0.15, -0.1) is 0 Å². The summed E-state index contributed by atoms with van der Waals surface area (Å²) in [5, 5.41) is 9.64. The van der Waals surface area contributed by atoms with E-state index in [1.165, 1.54) is 6.21 Å². The third-order valence-electron chi connectivity index (χ3n) is 4.04. The van der Waals surface area contributed by atoms with Crippen molar-refractivity contribution in [2.45, 2.75) is 26.2 Å². The summed E-state index contributed by atoms with van der Waals surface area (Å²) in [5.41, 5.74) is 5.00. The van der Waals surface area contributed by atoms with Crippen LogP contribution in [0.25, 0.3) is 5.69 Å². The molecule has 3 rings (SSSR count). The minimum absolute atomic E-state index is 0.199. The fourth-order valence-corrected chi connectivity index (χ4v) is 2.96. The van der Waals surface area contributed by atoms with E-state index in [4.69, 9.17) is 23.2 Å². The second kappa shape index (κ2) is 8.17. The lowest BCUT2D eigenvalue weighted by molar-refractivity contribution is 0.0947. The van der Waals surface area contributed by atoms with Gasteiger partial charge in [-0.3, -0.25) is 4.79 Å². The van der Waals surface area contributed by atoms with Crippen molar-refractivity contribution in [3.8, 4) is 5.69 Å². The molecule has 0 radical (unpaired) electrons. The molecule has 1 N–H and O–H groups in total. The second-order valence-electron chi connectivity index (χ2n) is 7.28. The number of aromatic nitrogens is 2. The number of hydrogen-bond acceptors (Lipinski definition) is 3. The normalized spacial score (nSPS) is 11.8. The smallest absolute Gasteiger partial charge is 0.266 e. The number of amides is 1. The van der Waals surface area contributed by atoms with Gasteiger partial charge in [-0.2, -0.15) is 10.2 Å². The van der Waals surface area contributed by atoms with E-state index >= 15 is 0 Å². The number of hydrazone groups is 1. The highest BCUT2D eigenvalue weighted by molar-refractivity contribution is 6.36. The molecule has 0 bridgehead atoms. The van der Waals surface area contributed by atoms with Crippen molar-refractivity contribution < 1.29 is 4.79 Å². The molecule has 5 nitrogen and oxygen atoms in total. The molecule has 0 spiro atoms. The topological polar surface area (TPSA) is 59.3 Å². The molecule has 7 heteroatoms. The van der Waals surface area contributed by atoms with Crippen LogP contribution in [-0.2, 0) is 5.41 Å². The Labute approximate surface area is 174 Å². The summed E-state index contributed by atoms with van der Waals surface area (Å²) in [7, 11) is 0. The SMILES string of the molecule is CC(C)(C)c1cc(C(=O)N/N=C/c2ccc(Cl)cc2Cl)n(-c2ccccc2)n1. The van der Waals surface area contributed by atoms with Crippen molar-refractivity contribution >= 4 is 35.3 Å². The molecular weight excluding hydrogens is 395 g/mol. The highest BCUT2D eigenvalue weighted by Crippen LogP contribution is 2.24. The Bertz CT molecular complexity index is 1020. The molecular formula is C21H20Cl2N4O. The number of rotatable bonds is 4. The third-order valence-corrected chi connectivity index (χ3v) is 4.61. The van der Waals surface area contributed by atoms with Gasteiger partial charge in [0.1, 0.15) is 5.69 Å². The van der Waals surface area contributed by atoms with Crippen LogP contribution in [0.4, 0.5) is 0 Å². The molecule has 3 aromatic rings. The zero-order valence-electron chi connectivity index (χ0n) is 15.8. The van der Waals surface area contributed by atoms with E-state index in [1.54, 1.807) is 28.9 Å². The Morgan fingerprint density at radius 1 is 1.11 bits per heavy atom. The number of benzene rings is 2. The Morgan fingerprint density at radius 2 is 1.82 bits per heavy atom. The van der Waals surface area contributed by atoms with E-state index in [9.17, 15) is 4.79 Å². The summed E-state index contributed by atoms with van der Waals surface area (Å²) in [5.74, 6) is -0.367. The third kappa shape index (κ3) is 4.61. The van der Waals surface area contributed by atoms with Gasteiger partial charge in [-0.25, -0.2) is 10.1 Å². The summed E-state index contributed by atoms with van der Waals surface area (Å²) < 4.78 is 1.63. The minimum atomic E-state index is -0.367. The second-order valence-corrected chi connectivity index (χ2v) is 8.12. The van der Waals surface area contributed by atoms with E-state index < -0.39 is 0 Å². The van der Waals surface area contributed by atoms with Gasteiger partial charge in [0.15, 0.2) is 0 Å². The van der Waals surface area contributed by atoms with E-state index in [2.05, 4.69) is 15.6 Å². The van der Waals surface area contributed by atoms with Gasteiger partial charge in [0.05, 0.1) is 22.6 Å². The van der Waals surface area contributed by atoms with Gasteiger partial charge >= 0.3 is 0 Å². The van der Waals surface area contributed by atoms with Crippen LogP contribution in [-0.4, -0.2) is 21.9 Å². The molecule has 0 aliphatic carbocycles. The Kier molecular flexibility index (Phi) is 5.87. The number of nitrogens with one attached hydrogen (secondary N) is 1. The summed E-state index contributed by atoms with van der Waals surface area (Å²) in [6, 6.07) is 16.3. The maximum absolute atomic E-state index is 12.8. The maximum atomic E-state index is 12.8. The van der Waals surface area contributed by atoms with E-state index in [-0.39, 0.29) is 11.3 Å². The first-order chi connectivity index (χ1) is 13.3. The number of nitrogens with zero attached hydrogens (tertiary/aromatic N) is 3. The highest BCUT2D eigenvalue weighted by Gasteiger charge is 2.23. The van der Waals surface area contributed by atoms with Gasteiger partial charge in [0.2, 0.25) is 0 Å². The van der Waals surface area contributed by atoms with Gasteiger partial charge in [-0.05, 0) is 30.3 Å². The van der Waals surface area contributed by atoms with Crippen molar-refractivity contribution in [2.75, 3.05) is 0 Å². The molecule has 0 unspecified atom stereocenters. The van der Waals surface area contributed by atoms with Crippen molar-refractivity contribution in [3.63, 3.8) is 0 Å². The van der Waals surface area contributed by atoms with Crippen LogP contribution in [0.1, 0.15) is 42.5 Å². The number of carbonyl (C=O) groups excluding carboxylic acids is 1. The van der Waals surface area contributed by atoms with Crippen molar-refractivity contribution in [1.29, 1.82) is 0 Å². The Hall–Kier alpha value is -2.63. The predicted molar refractivity (Wildman–Crippen MR) is 114 cm³/mol. The molecule has 0 atom stereocenters. The largest absolute Gasteiger partial charge is 0.290 e. The lowest BCUT2D eigenvalue weighted by Crippen LogP contribution is -2.21. The first kappa shape index (κ1) is 20.1. The average molecular weight is 415 g/mol. The van der Waals surface area contributed by atoms with E-state index in [0.29, 0.717) is 21.3 Å². The Balaban J connectivity index is 1.88. The molecule has 0 saturated carbocycles. The number of halogens is 2. The van der Waals surface area contributed by atoms with Gasteiger partial charge in [-0.1, -0.05) is 68.2 Å².